The van der Waals surface area contributed by atoms with Crippen LogP contribution in [0.1, 0.15) is 17.5 Å². The zero-order valence-electron chi connectivity index (χ0n) is 11.1. The van der Waals surface area contributed by atoms with Crippen molar-refractivity contribution in [2.75, 3.05) is 18.6 Å². The molecule has 4 nitrogen and oxygen atoms in total. The second-order valence-corrected chi connectivity index (χ2v) is 7.69. The lowest BCUT2D eigenvalue weighted by atomic mass is 10.1. The first-order valence-electron chi connectivity index (χ1n) is 5.90. The van der Waals surface area contributed by atoms with Crippen molar-refractivity contribution in [3.8, 4) is 0 Å². The molecule has 0 unspecified atom stereocenters. The number of hydrogen-bond acceptors (Lipinski definition) is 4. The van der Waals surface area contributed by atoms with E-state index in [2.05, 4.69) is 20.7 Å². The summed E-state index contributed by atoms with van der Waals surface area (Å²) in [5.41, 5.74) is 7.27. The lowest BCUT2D eigenvalue weighted by Gasteiger charge is -2.12. The normalized spacial score (nSPS) is 11.8. The predicted octanol–water partition coefficient (Wildman–Crippen LogP) is 2.25. The SMILES string of the molecule is CSCCCNS(=O)(=O)c1cc(CN)cc(C)c1Br. The summed E-state index contributed by atoms with van der Waals surface area (Å²) in [7, 11) is -3.49. The summed E-state index contributed by atoms with van der Waals surface area (Å²) in [5.74, 6) is 0.936. The maximum Gasteiger partial charge on any atom is 0.241 e. The quantitative estimate of drug-likeness (QED) is 0.725. The van der Waals surface area contributed by atoms with E-state index in [1.807, 2.05) is 19.2 Å². The second-order valence-electron chi connectivity index (χ2n) is 4.17. The molecule has 0 radical (unpaired) electrons. The lowest BCUT2D eigenvalue weighted by molar-refractivity contribution is 0.580. The summed E-state index contributed by atoms with van der Waals surface area (Å²) in [6, 6.07) is 3.50. The number of halogens is 1. The molecule has 7 heteroatoms. The first-order valence-corrected chi connectivity index (χ1v) is 9.57. The molecule has 1 rings (SSSR count). The molecule has 0 bridgehead atoms. The van der Waals surface area contributed by atoms with Gasteiger partial charge in [0.1, 0.15) is 0 Å². The third-order valence-electron chi connectivity index (χ3n) is 2.62. The fourth-order valence-corrected chi connectivity index (χ4v) is 4.20. The van der Waals surface area contributed by atoms with Crippen molar-refractivity contribution in [1.82, 2.24) is 4.72 Å². The molecular weight excluding hydrogens is 348 g/mol. The number of rotatable bonds is 7. The molecule has 0 atom stereocenters. The van der Waals surface area contributed by atoms with Gasteiger partial charge in [0, 0.05) is 17.6 Å². The molecule has 0 fully saturated rings. The summed E-state index contributed by atoms with van der Waals surface area (Å²) >= 11 is 5.04. The topological polar surface area (TPSA) is 72.2 Å². The van der Waals surface area contributed by atoms with Gasteiger partial charge < -0.3 is 5.73 Å². The number of nitrogens with one attached hydrogen (secondary N) is 1. The molecule has 19 heavy (non-hydrogen) atoms. The van der Waals surface area contributed by atoms with Crippen LogP contribution in [-0.2, 0) is 16.6 Å². The standard InChI is InChI=1S/C12H19BrN2O2S2/c1-9-6-10(8-14)7-11(12(9)13)19(16,17)15-4-3-5-18-2/h6-7,15H,3-5,8,14H2,1-2H3. The Bertz CT molecular complexity index is 533. The number of thioether (sulfide) groups is 1. The lowest BCUT2D eigenvalue weighted by Crippen LogP contribution is -2.26. The van der Waals surface area contributed by atoms with Crippen molar-refractivity contribution in [2.45, 2.75) is 24.8 Å². The van der Waals surface area contributed by atoms with Gasteiger partial charge in [0.2, 0.25) is 10.0 Å². The molecule has 0 saturated heterocycles. The van der Waals surface area contributed by atoms with Crippen molar-refractivity contribution in [3.63, 3.8) is 0 Å². The Hall–Kier alpha value is -0.0800. The van der Waals surface area contributed by atoms with Gasteiger partial charge in [-0.1, -0.05) is 6.07 Å². The number of benzene rings is 1. The molecule has 108 valence electrons. The fourth-order valence-electron chi connectivity index (χ4n) is 1.62. The van der Waals surface area contributed by atoms with Gasteiger partial charge in [0.05, 0.1) is 4.90 Å². The highest BCUT2D eigenvalue weighted by Gasteiger charge is 2.19. The Morgan fingerprint density at radius 1 is 1.42 bits per heavy atom. The van der Waals surface area contributed by atoms with Gasteiger partial charge in [-0.3, -0.25) is 0 Å². The first-order chi connectivity index (χ1) is 8.92. The van der Waals surface area contributed by atoms with Gasteiger partial charge in [-0.15, -0.1) is 0 Å². The van der Waals surface area contributed by atoms with Crippen molar-refractivity contribution >= 4 is 37.7 Å². The molecule has 0 aliphatic heterocycles. The highest BCUT2D eigenvalue weighted by Crippen LogP contribution is 2.27. The summed E-state index contributed by atoms with van der Waals surface area (Å²) < 4.78 is 27.7. The minimum absolute atomic E-state index is 0.261. The molecule has 0 aromatic heterocycles. The van der Waals surface area contributed by atoms with Crippen LogP contribution in [-0.4, -0.2) is 27.0 Å². The molecule has 0 spiro atoms. The van der Waals surface area contributed by atoms with Gasteiger partial charge in [-0.2, -0.15) is 11.8 Å². The zero-order chi connectivity index (χ0) is 14.5. The number of sulfonamides is 1. The van der Waals surface area contributed by atoms with Gasteiger partial charge in [0.25, 0.3) is 0 Å². The predicted molar refractivity (Wildman–Crippen MR) is 85.0 cm³/mol. The maximum absolute atomic E-state index is 12.2. The van der Waals surface area contributed by atoms with E-state index in [4.69, 9.17) is 5.73 Å². The average Bonchev–Trinajstić information content (AvgIpc) is 2.37. The Labute approximate surface area is 127 Å². The van der Waals surface area contributed by atoms with E-state index < -0.39 is 10.0 Å². The fraction of sp³-hybridized carbons (Fsp3) is 0.500. The summed E-state index contributed by atoms with van der Waals surface area (Å²) in [5, 5.41) is 0. The Morgan fingerprint density at radius 3 is 2.68 bits per heavy atom. The maximum atomic E-state index is 12.2. The zero-order valence-corrected chi connectivity index (χ0v) is 14.3. The van der Waals surface area contributed by atoms with Crippen molar-refractivity contribution in [2.24, 2.45) is 5.73 Å². The van der Waals surface area contributed by atoms with E-state index in [-0.39, 0.29) is 4.90 Å². The molecule has 1 aromatic rings. The van der Waals surface area contributed by atoms with E-state index in [1.165, 1.54) is 0 Å². The summed E-state index contributed by atoms with van der Waals surface area (Å²) in [4.78, 5) is 0.261. The van der Waals surface area contributed by atoms with E-state index in [9.17, 15) is 8.42 Å². The molecule has 3 N–H and O–H groups in total. The van der Waals surface area contributed by atoms with Gasteiger partial charge in [-0.05, 0) is 58.5 Å². The molecule has 0 aliphatic rings. The number of aryl methyl sites for hydroxylation is 1. The monoisotopic (exact) mass is 366 g/mol. The van der Waals surface area contributed by atoms with Crippen LogP contribution in [0.5, 0.6) is 0 Å². The van der Waals surface area contributed by atoms with Crippen LogP contribution >= 0.6 is 27.7 Å². The number of nitrogens with two attached hydrogens (primary N) is 1. The molecule has 0 heterocycles. The highest BCUT2D eigenvalue weighted by molar-refractivity contribution is 9.10. The van der Waals surface area contributed by atoms with Gasteiger partial charge in [0.15, 0.2) is 0 Å². The van der Waals surface area contributed by atoms with Crippen LogP contribution < -0.4 is 10.5 Å². The highest BCUT2D eigenvalue weighted by atomic mass is 79.9. The van der Waals surface area contributed by atoms with Gasteiger partial charge in [-0.25, -0.2) is 13.1 Å². The third-order valence-corrected chi connectivity index (χ3v) is 6.12. The van der Waals surface area contributed by atoms with Crippen LogP contribution in [0.25, 0.3) is 0 Å². The van der Waals surface area contributed by atoms with E-state index >= 15 is 0 Å². The molecule has 0 amide bonds. The smallest absolute Gasteiger partial charge is 0.241 e. The summed E-state index contributed by atoms with van der Waals surface area (Å²) in [6.45, 7) is 2.63. The van der Waals surface area contributed by atoms with Crippen LogP contribution in [0.3, 0.4) is 0 Å². The number of hydrogen-bond donors (Lipinski definition) is 2. The van der Waals surface area contributed by atoms with Crippen LogP contribution in [0.4, 0.5) is 0 Å². The van der Waals surface area contributed by atoms with Crippen LogP contribution in [0, 0.1) is 6.92 Å². The Balaban J connectivity index is 2.97. The van der Waals surface area contributed by atoms with Crippen molar-refractivity contribution in [1.29, 1.82) is 0 Å². The first kappa shape index (κ1) is 17.0. The summed E-state index contributed by atoms with van der Waals surface area (Å²) in [6.07, 6.45) is 2.81. The molecular formula is C12H19BrN2O2S2. The van der Waals surface area contributed by atoms with Crippen LogP contribution in [0.2, 0.25) is 0 Å². The van der Waals surface area contributed by atoms with E-state index in [0.717, 1.165) is 23.3 Å². The van der Waals surface area contributed by atoms with Gasteiger partial charge >= 0.3 is 0 Å². The average molecular weight is 367 g/mol. The molecule has 1 aromatic carbocycles. The minimum Gasteiger partial charge on any atom is -0.326 e. The van der Waals surface area contributed by atoms with Crippen molar-refractivity contribution in [3.05, 3.63) is 27.7 Å². The molecule has 0 saturated carbocycles. The van der Waals surface area contributed by atoms with Crippen LogP contribution in [0.15, 0.2) is 21.5 Å². The molecule has 0 aliphatic carbocycles. The largest absolute Gasteiger partial charge is 0.326 e. The van der Waals surface area contributed by atoms with E-state index in [1.54, 1.807) is 17.8 Å². The Kier molecular flexibility index (Phi) is 6.82. The third kappa shape index (κ3) is 4.75. The van der Waals surface area contributed by atoms with Crippen molar-refractivity contribution < 1.29 is 8.42 Å². The minimum atomic E-state index is -3.49. The Morgan fingerprint density at radius 2 is 2.11 bits per heavy atom. The second kappa shape index (κ2) is 7.64. The van der Waals surface area contributed by atoms with E-state index in [0.29, 0.717) is 17.6 Å².